The van der Waals surface area contributed by atoms with Crippen LogP contribution in [0.15, 0.2) is 97.1 Å². The van der Waals surface area contributed by atoms with E-state index in [1.165, 1.54) is 36.4 Å². The summed E-state index contributed by atoms with van der Waals surface area (Å²) in [5.41, 5.74) is 3.45. The van der Waals surface area contributed by atoms with E-state index < -0.39 is 11.7 Å². The van der Waals surface area contributed by atoms with Gasteiger partial charge in [0.2, 0.25) is 5.91 Å². The zero-order valence-electron chi connectivity index (χ0n) is 25.1. The van der Waals surface area contributed by atoms with E-state index in [4.69, 9.17) is 0 Å². The standard InChI is InChI=1S/C36H36F2N4O3/c1-2-31(26-7-4-3-5-8-26)36(45)42-20-6-19-41(21-22-42)33-18-17-30(40-34(43)27-11-15-29(38)16-12-27)23-32(33)35(44)39-24-25-9-13-28(37)14-10-25/h3-5,7-18,23,31H,2,6,19-22,24H2,1H3,(H,39,44)(H,40,43)/t31-/m0/s1. The summed E-state index contributed by atoms with van der Waals surface area (Å²) in [4.78, 5) is 44.0. The van der Waals surface area contributed by atoms with Gasteiger partial charge in [0, 0.05) is 49.7 Å². The highest BCUT2D eigenvalue weighted by Gasteiger charge is 2.27. The maximum atomic E-state index is 13.6. The van der Waals surface area contributed by atoms with Gasteiger partial charge in [-0.25, -0.2) is 8.78 Å². The molecular weight excluding hydrogens is 574 g/mol. The lowest BCUT2D eigenvalue weighted by Crippen LogP contribution is -2.38. The number of rotatable bonds is 9. The van der Waals surface area contributed by atoms with Gasteiger partial charge in [-0.15, -0.1) is 0 Å². The van der Waals surface area contributed by atoms with Crippen LogP contribution in [0, 0.1) is 11.6 Å². The van der Waals surface area contributed by atoms with Gasteiger partial charge in [-0.1, -0.05) is 49.4 Å². The number of nitrogens with one attached hydrogen (secondary N) is 2. The number of benzene rings is 4. The van der Waals surface area contributed by atoms with E-state index in [0.717, 1.165) is 17.5 Å². The van der Waals surface area contributed by atoms with Crippen molar-refractivity contribution in [3.63, 3.8) is 0 Å². The fourth-order valence-electron chi connectivity index (χ4n) is 5.59. The molecule has 0 aliphatic carbocycles. The number of amides is 3. The summed E-state index contributed by atoms with van der Waals surface area (Å²) in [5.74, 6) is -1.72. The third kappa shape index (κ3) is 7.92. The lowest BCUT2D eigenvalue weighted by Gasteiger charge is -2.28. The van der Waals surface area contributed by atoms with Crippen LogP contribution in [0.5, 0.6) is 0 Å². The second kappa shape index (κ2) is 14.6. The zero-order chi connectivity index (χ0) is 31.8. The average Bonchev–Trinajstić information content (AvgIpc) is 3.32. The third-order valence-corrected chi connectivity index (χ3v) is 8.03. The molecule has 4 aromatic carbocycles. The zero-order valence-corrected chi connectivity index (χ0v) is 25.1. The molecule has 0 aromatic heterocycles. The summed E-state index contributed by atoms with van der Waals surface area (Å²) in [6.45, 7) is 4.47. The van der Waals surface area contributed by atoms with E-state index >= 15 is 0 Å². The van der Waals surface area contributed by atoms with Crippen molar-refractivity contribution in [3.05, 3.63) is 131 Å². The first-order valence-corrected chi connectivity index (χ1v) is 15.1. The van der Waals surface area contributed by atoms with Gasteiger partial charge >= 0.3 is 0 Å². The van der Waals surface area contributed by atoms with Gasteiger partial charge in [0.05, 0.1) is 11.5 Å². The molecule has 1 fully saturated rings. The van der Waals surface area contributed by atoms with E-state index in [2.05, 4.69) is 15.5 Å². The normalized spacial score (nSPS) is 13.9. The number of carbonyl (C=O) groups is 3. The van der Waals surface area contributed by atoms with Crippen LogP contribution < -0.4 is 15.5 Å². The van der Waals surface area contributed by atoms with Gasteiger partial charge in [0.15, 0.2) is 0 Å². The minimum Gasteiger partial charge on any atom is -0.369 e. The highest BCUT2D eigenvalue weighted by Crippen LogP contribution is 2.28. The van der Waals surface area contributed by atoms with Gasteiger partial charge in [-0.3, -0.25) is 14.4 Å². The second-order valence-electron chi connectivity index (χ2n) is 11.0. The second-order valence-corrected chi connectivity index (χ2v) is 11.0. The van der Waals surface area contributed by atoms with E-state index in [1.807, 2.05) is 42.2 Å². The molecule has 232 valence electrons. The van der Waals surface area contributed by atoms with E-state index in [1.54, 1.807) is 30.3 Å². The minimum atomic E-state index is -0.445. The monoisotopic (exact) mass is 610 g/mol. The topological polar surface area (TPSA) is 81.8 Å². The highest BCUT2D eigenvalue weighted by atomic mass is 19.1. The van der Waals surface area contributed by atoms with E-state index in [0.29, 0.717) is 49.5 Å². The lowest BCUT2D eigenvalue weighted by molar-refractivity contribution is -0.132. The summed E-state index contributed by atoms with van der Waals surface area (Å²) in [7, 11) is 0. The number of halogens is 2. The van der Waals surface area contributed by atoms with Gasteiger partial charge in [-0.05, 0) is 78.6 Å². The molecule has 1 aliphatic rings. The summed E-state index contributed by atoms with van der Waals surface area (Å²) < 4.78 is 26.8. The van der Waals surface area contributed by atoms with Gasteiger partial charge in [-0.2, -0.15) is 0 Å². The van der Waals surface area contributed by atoms with Crippen LogP contribution in [-0.2, 0) is 11.3 Å². The molecular formula is C36H36F2N4O3. The molecule has 0 radical (unpaired) electrons. The Kier molecular flexibility index (Phi) is 10.2. The fraction of sp³-hybridized carbons (Fsp3) is 0.250. The predicted octanol–water partition coefficient (Wildman–Crippen LogP) is 6.38. The van der Waals surface area contributed by atoms with Gasteiger partial charge in [0.1, 0.15) is 11.6 Å². The smallest absolute Gasteiger partial charge is 0.255 e. The summed E-state index contributed by atoms with van der Waals surface area (Å²) in [6.07, 6.45) is 1.42. The molecule has 5 rings (SSSR count). The molecule has 0 saturated carbocycles. The Morgan fingerprint density at radius 1 is 0.778 bits per heavy atom. The molecule has 4 aromatic rings. The van der Waals surface area contributed by atoms with Gasteiger partial charge in [0.25, 0.3) is 11.8 Å². The van der Waals surface area contributed by atoms with Crippen LogP contribution >= 0.6 is 0 Å². The predicted molar refractivity (Wildman–Crippen MR) is 171 cm³/mol. The highest BCUT2D eigenvalue weighted by molar-refractivity contribution is 6.06. The van der Waals surface area contributed by atoms with Crippen LogP contribution in [0.1, 0.15) is 57.5 Å². The molecule has 0 unspecified atom stereocenters. The first kappa shape index (κ1) is 31.4. The van der Waals surface area contributed by atoms with Crippen LogP contribution in [0.25, 0.3) is 0 Å². The summed E-state index contributed by atoms with van der Waals surface area (Å²) in [5, 5.41) is 5.71. The molecule has 7 nitrogen and oxygen atoms in total. The number of hydrogen-bond donors (Lipinski definition) is 2. The van der Waals surface area contributed by atoms with Gasteiger partial charge < -0.3 is 20.4 Å². The van der Waals surface area contributed by atoms with Crippen molar-refractivity contribution < 1.29 is 23.2 Å². The number of carbonyl (C=O) groups excluding carboxylic acids is 3. The molecule has 1 saturated heterocycles. The van der Waals surface area contributed by atoms with Crippen molar-refractivity contribution in [3.8, 4) is 0 Å². The average molecular weight is 611 g/mol. The molecule has 1 atom stereocenters. The first-order valence-electron chi connectivity index (χ1n) is 15.1. The SMILES string of the molecule is CC[C@H](C(=O)N1CCCN(c2ccc(NC(=O)c3ccc(F)cc3)cc2C(=O)NCc2ccc(F)cc2)CC1)c1ccccc1. The Morgan fingerprint density at radius 3 is 2.16 bits per heavy atom. The molecule has 2 N–H and O–H groups in total. The molecule has 9 heteroatoms. The molecule has 45 heavy (non-hydrogen) atoms. The molecule has 0 spiro atoms. The largest absolute Gasteiger partial charge is 0.369 e. The van der Waals surface area contributed by atoms with Crippen molar-refractivity contribution in [2.45, 2.75) is 32.2 Å². The van der Waals surface area contributed by atoms with Crippen LogP contribution in [-0.4, -0.2) is 48.8 Å². The quantitative estimate of drug-likeness (QED) is 0.231. The molecule has 1 heterocycles. The first-order chi connectivity index (χ1) is 21.8. The Bertz CT molecular complexity index is 1630. The molecule has 1 aliphatic heterocycles. The number of hydrogen-bond acceptors (Lipinski definition) is 4. The summed E-state index contributed by atoms with van der Waals surface area (Å²) >= 11 is 0. The van der Waals surface area contributed by atoms with Crippen molar-refractivity contribution in [2.75, 3.05) is 36.4 Å². The summed E-state index contributed by atoms with van der Waals surface area (Å²) in [6, 6.07) is 26.0. The Hall–Kier alpha value is -5.05. The molecule has 0 bridgehead atoms. The lowest BCUT2D eigenvalue weighted by atomic mass is 9.95. The van der Waals surface area contributed by atoms with Crippen molar-refractivity contribution >= 4 is 29.1 Å². The van der Waals surface area contributed by atoms with E-state index in [9.17, 15) is 23.2 Å². The molecule has 3 amide bonds. The third-order valence-electron chi connectivity index (χ3n) is 8.03. The van der Waals surface area contributed by atoms with Crippen molar-refractivity contribution in [2.24, 2.45) is 0 Å². The minimum absolute atomic E-state index is 0.0988. The van der Waals surface area contributed by atoms with Crippen LogP contribution in [0.3, 0.4) is 0 Å². The van der Waals surface area contributed by atoms with Crippen LogP contribution in [0.2, 0.25) is 0 Å². The van der Waals surface area contributed by atoms with Crippen LogP contribution in [0.4, 0.5) is 20.2 Å². The number of nitrogens with zero attached hydrogens (tertiary/aromatic N) is 2. The Balaban J connectivity index is 1.36. The number of anilines is 2. The van der Waals surface area contributed by atoms with E-state index in [-0.39, 0.29) is 35.7 Å². The Labute approximate surface area is 261 Å². The van der Waals surface area contributed by atoms with Crippen molar-refractivity contribution in [1.82, 2.24) is 10.2 Å². The fourth-order valence-corrected chi connectivity index (χ4v) is 5.59. The van der Waals surface area contributed by atoms with Crippen molar-refractivity contribution in [1.29, 1.82) is 0 Å². The maximum absolute atomic E-state index is 13.6. The Morgan fingerprint density at radius 2 is 1.47 bits per heavy atom. The maximum Gasteiger partial charge on any atom is 0.255 e.